The molecule has 9 heteroatoms. The van der Waals surface area contributed by atoms with Crippen LogP contribution in [0.25, 0.3) is 0 Å². The van der Waals surface area contributed by atoms with Gasteiger partial charge < -0.3 is 19.1 Å². The predicted octanol–water partition coefficient (Wildman–Crippen LogP) is 8.30. The average molecular weight is 618 g/mol. The van der Waals surface area contributed by atoms with Crippen molar-refractivity contribution in [2.45, 2.75) is 136 Å². The molecule has 9 nitrogen and oxygen atoms in total. The van der Waals surface area contributed by atoms with Gasteiger partial charge in [0.1, 0.15) is 6.61 Å². The van der Waals surface area contributed by atoms with Gasteiger partial charge in [-0.1, -0.05) is 103 Å². The summed E-state index contributed by atoms with van der Waals surface area (Å²) in [6.45, 7) is 7.71. The standard InChI is InChI=1S/C35H59N3O6/c1-4-6-7-8-9-10-11-12-13-14-15-16-17-18-21-24-37(5-2)34(40)43-28-31-25-33(42-27-31)29-44-35(41)38(30(3)39)26-32-22-19-20-23-36-32/h19-20,22-23,31,33H,4-18,21,24-29H2,1-3H3/t31-,33+/m1/s1. The smallest absolute Gasteiger partial charge is 0.416 e. The minimum Gasteiger partial charge on any atom is -0.449 e. The van der Waals surface area contributed by atoms with Crippen LogP contribution in [0, 0.1) is 5.92 Å². The van der Waals surface area contributed by atoms with Gasteiger partial charge in [0.15, 0.2) is 0 Å². The van der Waals surface area contributed by atoms with Gasteiger partial charge in [0.05, 0.1) is 31.6 Å². The topological polar surface area (TPSA) is 98.3 Å². The zero-order valence-corrected chi connectivity index (χ0v) is 27.8. The maximum Gasteiger partial charge on any atom is 0.416 e. The number of hydrogen-bond acceptors (Lipinski definition) is 7. The van der Waals surface area contributed by atoms with E-state index >= 15 is 0 Å². The Morgan fingerprint density at radius 1 is 0.818 bits per heavy atom. The Labute approximate surface area is 266 Å². The average Bonchev–Trinajstić information content (AvgIpc) is 3.49. The van der Waals surface area contributed by atoms with Crippen molar-refractivity contribution in [3.63, 3.8) is 0 Å². The van der Waals surface area contributed by atoms with Crippen LogP contribution >= 0.6 is 0 Å². The summed E-state index contributed by atoms with van der Waals surface area (Å²) in [4.78, 5) is 44.1. The lowest BCUT2D eigenvalue weighted by molar-refractivity contribution is -0.128. The third kappa shape index (κ3) is 16.4. The number of carbonyl (C=O) groups is 3. The Kier molecular flexibility index (Phi) is 20.2. The second-order valence-corrected chi connectivity index (χ2v) is 12.2. The summed E-state index contributed by atoms with van der Waals surface area (Å²) in [5.74, 6) is -0.368. The molecule has 0 unspecified atom stereocenters. The van der Waals surface area contributed by atoms with E-state index in [0.717, 1.165) is 24.3 Å². The summed E-state index contributed by atoms with van der Waals surface area (Å²) in [5, 5.41) is 0. The Morgan fingerprint density at radius 3 is 1.95 bits per heavy atom. The van der Waals surface area contributed by atoms with E-state index in [-0.39, 0.29) is 37.9 Å². The summed E-state index contributed by atoms with van der Waals surface area (Å²) >= 11 is 0. The number of nitrogens with zero attached hydrogens (tertiary/aromatic N) is 3. The van der Waals surface area contributed by atoms with Crippen molar-refractivity contribution >= 4 is 18.1 Å². The molecule has 0 radical (unpaired) electrons. The number of rotatable bonds is 23. The number of amides is 3. The van der Waals surface area contributed by atoms with Gasteiger partial charge in [-0.3, -0.25) is 9.78 Å². The fourth-order valence-electron chi connectivity index (χ4n) is 5.55. The molecule has 1 aliphatic rings. The quantitative estimate of drug-likeness (QED) is 0.114. The molecule has 1 saturated heterocycles. The fraction of sp³-hybridized carbons (Fsp3) is 0.771. The number of unbranched alkanes of at least 4 members (excludes halogenated alkanes) is 14. The monoisotopic (exact) mass is 617 g/mol. The van der Waals surface area contributed by atoms with E-state index in [4.69, 9.17) is 14.2 Å². The Hall–Kier alpha value is -2.68. The lowest BCUT2D eigenvalue weighted by Gasteiger charge is -2.21. The van der Waals surface area contributed by atoms with Crippen LogP contribution in [-0.4, -0.2) is 71.9 Å². The first-order valence-corrected chi connectivity index (χ1v) is 17.3. The number of imide groups is 1. The molecule has 2 heterocycles. The van der Waals surface area contributed by atoms with Gasteiger partial charge in [-0.15, -0.1) is 0 Å². The van der Waals surface area contributed by atoms with Crippen molar-refractivity contribution in [2.24, 2.45) is 5.92 Å². The molecule has 0 spiro atoms. The van der Waals surface area contributed by atoms with Crippen LogP contribution in [0.15, 0.2) is 24.4 Å². The fourth-order valence-corrected chi connectivity index (χ4v) is 5.55. The largest absolute Gasteiger partial charge is 0.449 e. The van der Waals surface area contributed by atoms with Gasteiger partial charge in [0.2, 0.25) is 5.91 Å². The molecule has 2 rings (SSSR count). The van der Waals surface area contributed by atoms with E-state index in [0.29, 0.717) is 25.3 Å². The zero-order chi connectivity index (χ0) is 31.8. The molecule has 1 fully saturated rings. The Balaban J connectivity index is 1.50. The van der Waals surface area contributed by atoms with Crippen molar-refractivity contribution < 1.29 is 28.6 Å². The number of ether oxygens (including phenoxy) is 3. The highest BCUT2D eigenvalue weighted by molar-refractivity contribution is 5.90. The second-order valence-electron chi connectivity index (χ2n) is 12.2. The summed E-state index contributed by atoms with van der Waals surface area (Å²) < 4.78 is 16.7. The first kappa shape index (κ1) is 37.5. The minimum atomic E-state index is -0.723. The lowest BCUT2D eigenvalue weighted by atomic mass is 10.0. The number of carbonyl (C=O) groups excluding carboxylic acids is 3. The first-order valence-electron chi connectivity index (χ1n) is 17.3. The highest BCUT2D eigenvalue weighted by Gasteiger charge is 2.29. The van der Waals surface area contributed by atoms with Gasteiger partial charge in [-0.2, -0.15) is 0 Å². The van der Waals surface area contributed by atoms with Gasteiger partial charge in [-0.05, 0) is 31.9 Å². The van der Waals surface area contributed by atoms with Crippen molar-refractivity contribution in [3.8, 4) is 0 Å². The molecular weight excluding hydrogens is 558 g/mol. The van der Waals surface area contributed by atoms with E-state index in [2.05, 4.69) is 11.9 Å². The van der Waals surface area contributed by atoms with Gasteiger partial charge >= 0.3 is 12.2 Å². The summed E-state index contributed by atoms with van der Waals surface area (Å²) in [6.07, 6.45) is 20.7. The Bertz CT molecular complexity index is 915. The minimum absolute atomic E-state index is 0.0373. The molecule has 0 N–H and O–H groups in total. The van der Waals surface area contributed by atoms with Crippen molar-refractivity contribution in [1.29, 1.82) is 0 Å². The molecule has 0 saturated carbocycles. The van der Waals surface area contributed by atoms with Crippen LogP contribution in [-0.2, 0) is 25.5 Å². The number of aromatic nitrogens is 1. The second kappa shape index (κ2) is 23.7. The highest BCUT2D eigenvalue weighted by Crippen LogP contribution is 2.21. The highest BCUT2D eigenvalue weighted by atomic mass is 16.6. The molecule has 2 atom stereocenters. The van der Waals surface area contributed by atoms with Crippen molar-refractivity contribution in [2.75, 3.05) is 32.9 Å². The SMILES string of the molecule is CCCCCCCCCCCCCCCCCN(CC)C(=O)OC[C@H]1CO[C@H](COC(=O)N(Cc2ccccn2)C(C)=O)C1. The predicted molar refractivity (Wildman–Crippen MR) is 173 cm³/mol. The van der Waals surface area contributed by atoms with E-state index in [1.807, 2.05) is 6.92 Å². The van der Waals surface area contributed by atoms with Crippen LogP contribution in [0.2, 0.25) is 0 Å². The van der Waals surface area contributed by atoms with Crippen LogP contribution in [0.3, 0.4) is 0 Å². The third-order valence-corrected chi connectivity index (χ3v) is 8.32. The van der Waals surface area contributed by atoms with E-state index in [1.165, 1.54) is 90.4 Å². The molecule has 0 aromatic carbocycles. The van der Waals surface area contributed by atoms with Crippen LogP contribution < -0.4 is 0 Å². The summed E-state index contributed by atoms with van der Waals surface area (Å²) in [6, 6.07) is 5.31. The van der Waals surface area contributed by atoms with Crippen LogP contribution in [0.1, 0.15) is 129 Å². The summed E-state index contributed by atoms with van der Waals surface area (Å²) in [7, 11) is 0. The normalized spacial score (nSPS) is 16.1. The maximum absolute atomic E-state index is 12.6. The van der Waals surface area contributed by atoms with Gasteiger partial charge in [0.25, 0.3) is 0 Å². The lowest BCUT2D eigenvalue weighted by Crippen LogP contribution is -2.36. The van der Waals surface area contributed by atoms with Crippen molar-refractivity contribution in [1.82, 2.24) is 14.8 Å². The molecule has 0 aliphatic carbocycles. The zero-order valence-electron chi connectivity index (χ0n) is 27.8. The molecule has 0 bridgehead atoms. The molecule has 3 amide bonds. The summed E-state index contributed by atoms with van der Waals surface area (Å²) in [5.41, 5.74) is 0.597. The van der Waals surface area contributed by atoms with E-state index in [9.17, 15) is 14.4 Å². The number of hydrogen-bond donors (Lipinski definition) is 0. The maximum atomic E-state index is 12.6. The third-order valence-electron chi connectivity index (χ3n) is 8.32. The Morgan fingerprint density at radius 2 is 1.41 bits per heavy atom. The van der Waals surface area contributed by atoms with E-state index in [1.54, 1.807) is 29.3 Å². The first-order chi connectivity index (χ1) is 21.4. The van der Waals surface area contributed by atoms with Gasteiger partial charge in [0, 0.05) is 32.1 Å². The molecule has 250 valence electrons. The van der Waals surface area contributed by atoms with Crippen LogP contribution in [0.5, 0.6) is 0 Å². The molecule has 1 aliphatic heterocycles. The van der Waals surface area contributed by atoms with Gasteiger partial charge in [-0.25, -0.2) is 14.5 Å². The number of pyridine rings is 1. The van der Waals surface area contributed by atoms with E-state index < -0.39 is 12.0 Å². The molecular formula is C35H59N3O6. The molecule has 44 heavy (non-hydrogen) atoms. The van der Waals surface area contributed by atoms with Crippen molar-refractivity contribution in [3.05, 3.63) is 30.1 Å². The van der Waals surface area contributed by atoms with Crippen LogP contribution in [0.4, 0.5) is 9.59 Å². The molecule has 1 aromatic heterocycles. The molecule has 1 aromatic rings.